The topological polar surface area (TPSA) is 123 Å². The van der Waals surface area contributed by atoms with Crippen LogP contribution in [0.3, 0.4) is 0 Å². The van der Waals surface area contributed by atoms with E-state index in [4.69, 9.17) is 5.73 Å². The molecule has 3 heterocycles. The normalized spacial score (nSPS) is 14.8. The zero-order chi connectivity index (χ0) is 25.4. The number of carbonyl (C=O) groups excluding carboxylic acids is 1. The number of hydrogen-bond acceptors (Lipinski definition) is 6. The number of piperidine rings is 1. The second kappa shape index (κ2) is 9.19. The van der Waals surface area contributed by atoms with E-state index in [1.54, 1.807) is 11.0 Å². The van der Waals surface area contributed by atoms with Crippen LogP contribution in [0.5, 0.6) is 0 Å². The van der Waals surface area contributed by atoms with E-state index in [9.17, 15) is 17.6 Å². The fraction of sp³-hybridized carbons (Fsp3) is 0.208. The third-order valence-electron chi connectivity index (χ3n) is 6.33. The van der Waals surface area contributed by atoms with Crippen molar-refractivity contribution in [3.63, 3.8) is 0 Å². The Labute approximate surface area is 205 Å². The van der Waals surface area contributed by atoms with Crippen LogP contribution >= 0.6 is 0 Å². The molecule has 0 spiro atoms. The van der Waals surface area contributed by atoms with Crippen LogP contribution < -0.4 is 10.5 Å². The number of nitrogens with two attached hydrogens (primary N) is 1. The number of hydrogen-bond donors (Lipinski definition) is 2. The first-order valence-corrected chi connectivity index (χ1v) is 12.6. The van der Waals surface area contributed by atoms with Crippen molar-refractivity contribution in [2.45, 2.75) is 23.8 Å². The molecule has 36 heavy (non-hydrogen) atoms. The Hall–Kier alpha value is -4.06. The van der Waals surface area contributed by atoms with Crippen molar-refractivity contribution in [3.8, 4) is 11.1 Å². The maximum absolute atomic E-state index is 15.1. The average molecular weight is 513 g/mol. The van der Waals surface area contributed by atoms with Gasteiger partial charge >= 0.3 is 0 Å². The number of fused-ring (bicyclic) bond motifs is 1. The molecule has 4 aromatic rings. The summed E-state index contributed by atoms with van der Waals surface area (Å²) in [6, 6.07) is 8.39. The van der Waals surface area contributed by atoms with Crippen LogP contribution in [0.15, 0.2) is 59.9 Å². The van der Waals surface area contributed by atoms with E-state index in [1.165, 1.54) is 18.5 Å². The molecule has 0 radical (unpaired) electrons. The van der Waals surface area contributed by atoms with E-state index in [0.29, 0.717) is 35.2 Å². The molecule has 0 bridgehead atoms. The van der Waals surface area contributed by atoms with Gasteiger partial charge in [0.2, 0.25) is 6.41 Å². The molecule has 12 heteroatoms. The van der Waals surface area contributed by atoms with Gasteiger partial charge < -0.3 is 15.2 Å². The number of anilines is 2. The number of likely N-dealkylation sites (tertiary alicyclic amines) is 1. The molecule has 1 aliphatic rings. The lowest BCUT2D eigenvalue weighted by molar-refractivity contribution is -0.119. The summed E-state index contributed by atoms with van der Waals surface area (Å²) < 4.78 is 57.6. The summed E-state index contributed by atoms with van der Waals surface area (Å²) >= 11 is 0. The summed E-state index contributed by atoms with van der Waals surface area (Å²) in [6.45, 7) is 1.22. The Kier molecular flexibility index (Phi) is 6.04. The molecule has 1 amide bonds. The maximum Gasteiger partial charge on any atom is 0.261 e. The number of halogens is 2. The molecule has 1 saturated heterocycles. The first-order chi connectivity index (χ1) is 17.3. The van der Waals surface area contributed by atoms with E-state index in [-0.39, 0.29) is 22.4 Å². The van der Waals surface area contributed by atoms with Gasteiger partial charge in [-0.3, -0.25) is 9.52 Å². The number of benzene rings is 2. The van der Waals surface area contributed by atoms with Gasteiger partial charge in [-0.25, -0.2) is 27.2 Å². The maximum atomic E-state index is 15.1. The fourth-order valence-corrected chi connectivity index (χ4v) is 5.53. The molecule has 3 N–H and O–H groups in total. The van der Waals surface area contributed by atoms with Crippen LogP contribution in [0, 0.1) is 11.6 Å². The van der Waals surface area contributed by atoms with Crippen LogP contribution in [0.1, 0.15) is 18.9 Å². The lowest BCUT2D eigenvalue weighted by atomic mass is 10.1. The zero-order valence-electron chi connectivity index (χ0n) is 18.9. The van der Waals surface area contributed by atoms with E-state index in [1.807, 2.05) is 10.8 Å². The van der Waals surface area contributed by atoms with Gasteiger partial charge in [0, 0.05) is 30.9 Å². The van der Waals surface area contributed by atoms with Crippen LogP contribution in [0.4, 0.5) is 20.3 Å². The van der Waals surface area contributed by atoms with E-state index >= 15 is 4.39 Å². The fourth-order valence-electron chi connectivity index (χ4n) is 4.46. The summed E-state index contributed by atoms with van der Waals surface area (Å²) in [6.07, 6.45) is 5.50. The minimum atomic E-state index is -4.12. The number of carbonyl (C=O) groups is 1. The molecule has 1 fully saturated rings. The van der Waals surface area contributed by atoms with Gasteiger partial charge in [-0.15, -0.1) is 0 Å². The van der Waals surface area contributed by atoms with E-state index < -0.39 is 21.7 Å². The zero-order valence-corrected chi connectivity index (χ0v) is 19.8. The number of sulfonamides is 1. The van der Waals surface area contributed by atoms with Crippen LogP contribution in [0.25, 0.3) is 22.2 Å². The van der Waals surface area contributed by atoms with Crippen molar-refractivity contribution in [2.24, 2.45) is 0 Å². The summed E-state index contributed by atoms with van der Waals surface area (Å²) in [4.78, 5) is 21.1. The smallest absolute Gasteiger partial charge is 0.261 e. The number of nitrogens with zero attached hydrogens (tertiary/aromatic N) is 4. The Balaban J connectivity index is 1.50. The number of amides is 1. The third-order valence-corrected chi connectivity index (χ3v) is 7.71. The minimum absolute atomic E-state index is 0.0680. The lowest BCUT2D eigenvalue weighted by Gasteiger charge is -2.30. The molecule has 1 aliphatic heterocycles. The molecule has 0 aliphatic carbocycles. The predicted molar refractivity (Wildman–Crippen MR) is 130 cm³/mol. The molecule has 0 saturated carbocycles. The van der Waals surface area contributed by atoms with Gasteiger partial charge in [0.1, 0.15) is 29.4 Å². The molecule has 186 valence electrons. The van der Waals surface area contributed by atoms with Gasteiger partial charge in [0.25, 0.3) is 10.0 Å². The molecule has 5 rings (SSSR count). The van der Waals surface area contributed by atoms with Crippen LogP contribution in [-0.4, -0.2) is 47.4 Å². The molecule has 2 aromatic carbocycles. The minimum Gasteiger partial charge on any atom is -0.383 e. The highest BCUT2D eigenvalue weighted by atomic mass is 32.2. The Morgan fingerprint density at radius 2 is 1.78 bits per heavy atom. The highest BCUT2D eigenvalue weighted by Crippen LogP contribution is 2.37. The summed E-state index contributed by atoms with van der Waals surface area (Å²) in [5.74, 6) is -1.14. The van der Waals surface area contributed by atoms with Gasteiger partial charge in [-0.1, -0.05) is 6.07 Å². The van der Waals surface area contributed by atoms with Crippen molar-refractivity contribution in [3.05, 3.63) is 66.6 Å². The van der Waals surface area contributed by atoms with Crippen molar-refractivity contribution in [1.82, 2.24) is 19.4 Å². The number of nitrogen functional groups attached to an aromatic ring is 1. The Morgan fingerprint density at radius 3 is 2.44 bits per heavy atom. The largest absolute Gasteiger partial charge is 0.383 e. The van der Waals surface area contributed by atoms with E-state index in [2.05, 4.69) is 14.7 Å². The van der Waals surface area contributed by atoms with Crippen LogP contribution in [0.2, 0.25) is 0 Å². The average Bonchev–Trinajstić information content (AvgIpc) is 3.26. The third kappa shape index (κ3) is 4.35. The molecular weight excluding hydrogens is 490 g/mol. The van der Waals surface area contributed by atoms with Gasteiger partial charge in [0.05, 0.1) is 16.0 Å². The summed E-state index contributed by atoms with van der Waals surface area (Å²) in [5.41, 5.74) is 7.59. The molecule has 2 aromatic heterocycles. The first kappa shape index (κ1) is 23.7. The summed E-state index contributed by atoms with van der Waals surface area (Å²) in [5, 5.41) is 0.564. The molecule has 0 unspecified atom stereocenters. The lowest BCUT2D eigenvalue weighted by Crippen LogP contribution is -2.33. The van der Waals surface area contributed by atoms with Crippen molar-refractivity contribution < 1.29 is 22.0 Å². The van der Waals surface area contributed by atoms with Crippen LogP contribution in [-0.2, 0) is 14.8 Å². The van der Waals surface area contributed by atoms with Gasteiger partial charge in [-0.2, -0.15) is 0 Å². The Bertz CT molecular complexity index is 1550. The molecule has 0 atom stereocenters. The highest BCUT2D eigenvalue weighted by Gasteiger charge is 2.25. The van der Waals surface area contributed by atoms with Crippen molar-refractivity contribution in [1.29, 1.82) is 0 Å². The predicted octanol–water partition coefficient (Wildman–Crippen LogP) is 3.55. The molecule has 9 nitrogen and oxygen atoms in total. The van der Waals surface area contributed by atoms with Crippen molar-refractivity contribution >= 4 is 39.0 Å². The first-order valence-electron chi connectivity index (χ1n) is 11.2. The highest BCUT2D eigenvalue weighted by molar-refractivity contribution is 7.92. The second-order valence-corrected chi connectivity index (χ2v) is 10.2. The quantitative estimate of drug-likeness (QED) is 0.381. The number of nitrogens with one attached hydrogen (secondary N) is 1. The monoisotopic (exact) mass is 512 g/mol. The van der Waals surface area contributed by atoms with E-state index in [0.717, 1.165) is 43.5 Å². The number of rotatable bonds is 6. The second-order valence-electron chi connectivity index (χ2n) is 8.53. The standard InChI is InChI=1S/C24H22F2N6O3S/c25-16-2-4-18(5-3-16)36(34,35)30-21-6-1-15(11-20(21)26)19-12-32(17-7-9-31(14-33)10-8-17)24-22(19)23(27)28-13-29-24/h1-6,11-14,17,30H,7-10H2,(H2,27,28,29). The Morgan fingerprint density at radius 1 is 1.06 bits per heavy atom. The SMILES string of the molecule is Nc1ncnc2c1c(-c1ccc(NS(=O)(=O)c3ccc(F)cc3)c(F)c1)cn2C1CCN(C=O)CC1. The summed E-state index contributed by atoms with van der Waals surface area (Å²) in [7, 11) is -4.12. The van der Waals surface area contributed by atoms with Gasteiger partial charge in [-0.05, 0) is 54.8 Å². The van der Waals surface area contributed by atoms with Gasteiger partial charge in [0.15, 0.2) is 0 Å². The molecular formula is C24H22F2N6O3S. The van der Waals surface area contributed by atoms with Crippen molar-refractivity contribution in [2.75, 3.05) is 23.5 Å². The number of aromatic nitrogens is 3.